The van der Waals surface area contributed by atoms with Crippen LogP contribution in [0.1, 0.15) is 51.3 Å². The zero-order chi connectivity index (χ0) is 12.3. The lowest BCUT2D eigenvalue weighted by Gasteiger charge is -2.25. The zero-order valence-corrected chi connectivity index (χ0v) is 12.1. The number of aromatic nitrogens is 2. The minimum absolute atomic E-state index is 0.546. The van der Waals surface area contributed by atoms with Gasteiger partial charge in [-0.25, -0.2) is 9.97 Å². The molecule has 1 N–H and O–H groups in total. The fourth-order valence-electron chi connectivity index (χ4n) is 2.54. The van der Waals surface area contributed by atoms with Crippen LogP contribution in [0.15, 0.2) is 10.7 Å². The van der Waals surface area contributed by atoms with Gasteiger partial charge in [-0.15, -0.1) is 0 Å². The highest BCUT2D eigenvalue weighted by Crippen LogP contribution is 2.35. The Morgan fingerprint density at radius 1 is 1.47 bits per heavy atom. The van der Waals surface area contributed by atoms with Crippen molar-refractivity contribution in [2.45, 2.75) is 45.4 Å². The van der Waals surface area contributed by atoms with Crippen molar-refractivity contribution in [3.8, 4) is 0 Å². The molecule has 0 amide bonds. The minimum atomic E-state index is 0.546. The Morgan fingerprint density at radius 2 is 2.29 bits per heavy atom. The molecule has 1 fully saturated rings. The highest BCUT2D eigenvalue weighted by molar-refractivity contribution is 9.10. The van der Waals surface area contributed by atoms with Gasteiger partial charge in [0.25, 0.3) is 0 Å². The first-order valence-electron chi connectivity index (χ1n) is 6.47. The van der Waals surface area contributed by atoms with Gasteiger partial charge >= 0.3 is 0 Å². The fourth-order valence-corrected chi connectivity index (χ4v) is 2.87. The Hall–Kier alpha value is -0.640. The van der Waals surface area contributed by atoms with Gasteiger partial charge in [-0.05, 0) is 41.6 Å². The lowest BCUT2D eigenvalue weighted by atomic mass is 9.82. The van der Waals surface area contributed by atoms with Gasteiger partial charge in [0.05, 0.1) is 4.47 Å². The fraction of sp³-hybridized carbons (Fsp3) is 0.692. The second-order valence-corrected chi connectivity index (χ2v) is 5.78. The van der Waals surface area contributed by atoms with Gasteiger partial charge < -0.3 is 5.32 Å². The van der Waals surface area contributed by atoms with Crippen LogP contribution in [0.3, 0.4) is 0 Å². The lowest BCUT2D eigenvalue weighted by Crippen LogP contribution is -2.15. The van der Waals surface area contributed by atoms with E-state index in [9.17, 15) is 0 Å². The van der Waals surface area contributed by atoms with Crippen LogP contribution in [0.4, 0.5) is 5.82 Å². The molecule has 0 aliphatic heterocycles. The minimum Gasteiger partial charge on any atom is -0.369 e. The standard InChI is InChI=1S/C13H20BrN3/c1-3-15-13-11(14)8-16-12(17-13)10-6-4-5-9(2)7-10/h8-10H,3-7H2,1-2H3,(H,15,16,17). The summed E-state index contributed by atoms with van der Waals surface area (Å²) in [5.74, 6) is 3.29. The second kappa shape index (κ2) is 5.80. The van der Waals surface area contributed by atoms with Crippen LogP contribution in [0, 0.1) is 5.92 Å². The molecule has 0 spiro atoms. The smallest absolute Gasteiger partial charge is 0.144 e. The quantitative estimate of drug-likeness (QED) is 0.917. The summed E-state index contributed by atoms with van der Waals surface area (Å²) in [7, 11) is 0. The van der Waals surface area contributed by atoms with E-state index < -0.39 is 0 Å². The predicted molar refractivity (Wildman–Crippen MR) is 74.3 cm³/mol. The molecule has 0 radical (unpaired) electrons. The lowest BCUT2D eigenvalue weighted by molar-refractivity contribution is 0.335. The number of hydrogen-bond acceptors (Lipinski definition) is 3. The third-order valence-electron chi connectivity index (χ3n) is 3.41. The van der Waals surface area contributed by atoms with Crippen molar-refractivity contribution < 1.29 is 0 Å². The molecular weight excluding hydrogens is 278 g/mol. The van der Waals surface area contributed by atoms with Gasteiger partial charge in [0.1, 0.15) is 11.6 Å². The third kappa shape index (κ3) is 3.18. The van der Waals surface area contributed by atoms with Crippen molar-refractivity contribution in [1.29, 1.82) is 0 Å². The monoisotopic (exact) mass is 297 g/mol. The molecule has 0 aromatic carbocycles. The Morgan fingerprint density at radius 3 is 3.00 bits per heavy atom. The van der Waals surface area contributed by atoms with E-state index in [0.29, 0.717) is 5.92 Å². The van der Waals surface area contributed by atoms with E-state index in [2.05, 4.69) is 45.1 Å². The first kappa shape index (κ1) is 12.8. The number of hydrogen-bond donors (Lipinski definition) is 1. The SMILES string of the molecule is CCNc1nc(C2CCCC(C)C2)ncc1Br. The van der Waals surface area contributed by atoms with E-state index in [4.69, 9.17) is 0 Å². The molecule has 17 heavy (non-hydrogen) atoms. The van der Waals surface area contributed by atoms with E-state index in [-0.39, 0.29) is 0 Å². The topological polar surface area (TPSA) is 37.8 Å². The van der Waals surface area contributed by atoms with Crippen LogP contribution in [0.5, 0.6) is 0 Å². The highest BCUT2D eigenvalue weighted by atomic mass is 79.9. The molecular formula is C13H20BrN3. The summed E-state index contributed by atoms with van der Waals surface area (Å²) in [4.78, 5) is 9.13. The van der Waals surface area contributed by atoms with Crippen molar-refractivity contribution in [3.05, 3.63) is 16.5 Å². The number of nitrogens with zero attached hydrogens (tertiary/aromatic N) is 2. The molecule has 2 rings (SSSR count). The van der Waals surface area contributed by atoms with Crippen molar-refractivity contribution in [3.63, 3.8) is 0 Å². The van der Waals surface area contributed by atoms with Crippen molar-refractivity contribution in [2.24, 2.45) is 5.92 Å². The van der Waals surface area contributed by atoms with Crippen LogP contribution in [-0.4, -0.2) is 16.5 Å². The summed E-state index contributed by atoms with van der Waals surface area (Å²) in [6, 6.07) is 0. The molecule has 2 unspecified atom stereocenters. The zero-order valence-electron chi connectivity index (χ0n) is 10.5. The molecule has 0 bridgehead atoms. The van der Waals surface area contributed by atoms with E-state index in [0.717, 1.165) is 28.6 Å². The number of rotatable bonds is 3. The summed E-state index contributed by atoms with van der Waals surface area (Å²) in [6.07, 6.45) is 7.00. The van der Waals surface area contributed by atoms with Gasteiger partial charge in [-0.1, -0.05) is 19.8 Å². The third-order valence-corrected chi connectivity index (χ3v) is 3.99. The molecule has 94 valence electrons. The molecule has 3 nitrogen and oxygen atoms in total. The molecule has 1 saturated carbocycles. The Balaban J connectivity index is 2.17. The molecule has 1 aliphatic carbocycles. The van der Waals surface area contributed by atoms with Gasteiger partial charge in [0, 0.05) is 18.7 Å². The molecule has 0 saturated heterocycles. The molecule has 4 heteroatoms. The number of halogens is 1. The average molecular weight is 298 g/mol. The Bertz CT molecular complexity index is 381. The van der Waals surface area contributed by atoms with Crippen LogP contribution < -0.4 is 5.32 Å². The van der Waals surface area contributed by atoms with Crippen molar-refractivity contribution >= 4 is 21.7 Å². The maximum absolute atomic E-state index is 4.65. The number of anilines is 1. The predicted octanol–water partition coefficient (Wildman–Crippen LogP) is 3.96. The van der Waals surface area contributed by atoms with Crippen LogP contribution in [0.2, 0.25) is 0 Å². The summed E-state index contributed by atoms with van der Waals surface area (Å²) in [5.41, 5.74) is 0. The largest absolute Gasteiger partial charge is 0.369 e. The maximum Gasteiger partial charge on any atom is 0.144 e. The second-order valence-electron chi connectivity index (χ2n) is 4.92. The average Bonchev–Trinajstić information content (AvgIpc) is 2.32. The molecule has 2 atom stereocenters. The highest BCUT2D eigenvalue weighted by Gasteiger charge is 2.23. The van der Waals surface area contributed by atoms with E-state index in [1.54, 1.807) is 0 Å². The summed E-state index contributed by atoms with van der Waals surface area (Å²) in [5, 5.41) is 3.27. The summed E-state index contributed by atoms with van der Waals surface area (Å²) >= 11 is 3.48. The maximum atomic E-state index is 4.65. The summed E-state index contributed by atoms with van der Waals surface area (Å²) in [6.45, 7) is 5.29. The van der Waals surface area contributed by atoms with Crippen molar-refractivity contribution in [1.82, 2.24) is 9.97 Å². The van der Waals surface area contributed by atoms with Gasteiger partial charge in [-0.2, -0.15) is 0 Å². The molecule has 1 aromatic heterocycles. The normalized spacial score (nSPS) is 24.6. The number of nitrogens with one attached hydrogen (secondary N) is 1. The van der Waals surface area contributed by atoms with E-state index in [1.165, 1.54) is 25.7 Å². The van der Waals surface area contributed by atoms with E-state index in [1.807, 2.05) is 6.20 Å². The van der Waals surface area contributed by atoms with Crippen LogP contribution in [0.25, 0.3) is 0 Å². The molecule has 1 aliphatic rings. The van der Waals surface area contributed by atoms with Gasteiger partial charge in [0.2, 0.25) is 0 Å². The van der Waals surface area contributed by atoms with E-state index >= 15 is 0 Å². The molecule has 1 aromatic rings. The summed E-state index contributed by atoms with van der Waals surface area (Å²) < 4.78 is 0.951. The van der Waals surface area contributed by atoms with Gasteiger partial charge in [-0.3, -0.25) is 0 Å². The first-order valence-corrected chi connectivity index (χ1v) is 7.26. The molecule has 1 heterocycles. The Labute approximate surface area is 112 Å². The first-order chi connectivity index (χ1) is 8.20. The van der Waals surface area contributed by atoms with Crippen LogP contribution >= 0.6 is 15.9 Å². The Kier molecular flexibility index (Phi) is 4.37. The van der Waals surface area contributed by atoms with Gasteiger partial charge in [0.15, 0.2) is 0 Å². The van der Waals surface area contributed by atoms with Crippen molar-refractivity contribution in [2.75, 3.05) is 11.9 Å². The van der Waals surface area contributed by atoms with Crippen LogP contribution in [-0.2, 0) is 0 Å².